The monoisotopic (exact) mass is 215 g/mol. The van der Waals surface area contributed by atoms with E-state index in [1.807, 2.05) is 0 Å². The summed E-state index contributed by atoms with van der Waals surface area (Å²) in [5.41, 5.74) is 0.481. The van der Waals surface area contributed by atoms with Crippen molar-refractivity contribution < 1.29 is 14.3 Å². The Morgan fingerprint density at radius 2 is 1.93 bits per heavy atom. The summed E-state index contributed by atoms with van der Waals surface area (Å²) in [4.78, 5) is 11.0. The third-order valence-electron chi connectivity index (χ3n) is 1.55. The third-order valence-corrected chi connectivity index (χ3v) is 1.55. The van der Waals surface area contributed by atoms with Crippen molar-refractivity contribution in [2.75, 3.05) is 26.6 Å². The Morgan fingerprint density at radius 1 is 1.33 bits per heavy atom. The highest BCUT2D eigenvalue weighted by Gasteiger charge is 1.99. The molecule has 0 atom stereocenters. The molecule has 0 aliphatic carbocycles. The quantitative estimate of drug-likeness (QED) is 0.377. The van der Waals surface area contributed by atoms with E-state index in [0.29, 0.717) is 24.7 Å². The van der Waals surface area contributed by atoms with E-state index in [1.165, 1.54) is 0 Å². The van der Waals surface area contributed by atoms with Crippen LogP contribution in [0.15, 0.2) is 12.2 Å². The second kappa shape index (κ2) is 8.44. The smallest absolute Gasteiger partial charge is 0.248 e. The van der Waals surface area contributed by atoms with Crippen LogP contribution >= 0.6 is 0 Å². The second-order valence-corrected chi connectivity index (χ2v) is 3.81. The number of amides is 1. The maximum absolute atomic E-state index is 11.0. The molecule has 0 saturated carbocycles. The van der Waals surface area contributed by atoms with E-state index < -0.39 is 0 Å². The van der Waals surface area contributed by atoms with Crippen molar-refractivity contribution in [3.05, 3.63) is 12.2 Å². The zero-order valence-electron chi connectivity index (χ0n) is 9.84. The Morgan fingerprint density at radius 3 is 2.47 bits per heavy atom. The highest BCUT2D eigenvalue weighted by atomic mass is 16.5. The Kier molecular flexibility index (Phi) is 7.95. The summed E-state index contributed by atoms with van der Waals surface area (Å²) in [6.07, 6.45) is 0. The Bertz CT molecular complexity index is 202. The van der Waals surface area contributed by atoms with Crippen LogP contribution in [0.25, 0.3) is 0 Å². The number of ether oxygens (including phenoxy) is 2. The van der Waals surface area contributed by atoms with Crippen LogP contribution in [0.2, 0.25) is 0 Å². The van der Waals surface area contributed by atoms with Crippen LogP contribution in [0.4, 0.5) is 0 Å². The van der Waals surface area contributed by atoms with Gasteiger partial charge >= 0.3 is 0 Å². The summed E-state index contributed by atoms with van der Waals surface area (Å²) in [5.74, 6) is 0.353. The SMILES string of the molecule is C=C(C)C(=O)NCOCCOCC(C)C. The molecule has 1 N–H and O–H groups in total. The van der Waals surface area contributed by atoms with Gasteiger partial charge in [0.25, 0.3) is 0 Å². The fourth-order valence-corrected chi connectivity index (χ4v) is 0.777. The van der Waals surface area contributed by atoms with Crippen molar-refractivity contribution in [2.45, 2.75) is 20.8 Å². The molecule has 88 valence electrons. The van der Waals surface area contributed by atoms with Crippen molar-refractivity contribution in [2.24, 2.45) is 5.92 Å². The number of carbonyl (C=O) groups is 1. The maximum Gasteiger partial charge on any atom is 0.248 e. The summed E-state index contributed by atoms with van der Waals surface area (Å²) in [5, 5.41) is 2.57. The lowest BCUT2D eigenvalue weighted by Gasteiger charge is -2.08. The van der Waals surface area contributed by atoms with Gasteiger partial charge in [0.1, 0.15) is 6.73 Å². The Balaban J connectivity index is 3.18. The molecule has 1 amide bonds. The lowest BCUT2D eigenvalue weighted by molar-refractivity contribution is -0.119. The first-order chi connectivity index (χ1) is 7.04. The van der Waals surface area contributed by atoms with E-state index in [1.54, 1.807) is 6.92 Å². The molecule has 0 spiro atoms. The zero-order valence-corrected chi connectivity index (χ0v) is 9.84. The summed E-state index contributed by atoms with van der Waals surface area (Å²) < 4.78 is 10.4. The number of hydrogen-bond donors (Lipinski definition) is 1. The first kappa shape index (κ1) is 14.1. The molecule has 0 heterocycles. The summed E-state index contributed by atoms with van der Waals surface area (Å²) in [6, 6.07) is 0. The van der Waals surface area contributed by atoms with Crippen LogP contribution in [0.3, 0.4) is 0 Å². The van der Waals surface area contributed by atoms with Gasteiger partial charge in [-0.2, -0.15) is 0 Å². The van der Waals surface area contributed by atoms with E-state index >= 15 is 0 Å². The average Bonchev–Trinajstić information content (AvgIpc) is 2.15. The fraction of sp³-hybridized carbons (Fsp3) is 0.727. The maximum atomic E-state index is 11.0. The Labute approximate surface area is 91.6 Å². The molecule has 0 radical (unpaired) electrons. The molecule has 0 rings (SSSR count). The first-order valence-corrected chi connectivity index (χ1v) is 5.13. The molecule has 0 aromatic carbocycles. The lowest BCUT2D eigenvalue weighted by Crippen LogP contribution is -2.27. The molecule has 0 aliphatic rings. The predicted octanol–water partition coefficient (Wildman–Crippen LogP) is 1.33. The molecule has 15 heavy (non-hydrogen) atoms. The minimum atomic E-state index is -0.182. The molecule has 0 saturated heterocycles. The van der Waals surface area contributed by atoms with Crippen LogP contribution in [0.5, 0.6) is 0 Å². The van der Waals surface area contributed by atoms with E-state index in [2.05, 4.69) is 25.7 Å². The molecule has 0 fully saturated rings. The van der Waals surface area contributed by atoms with Gasteiger partial charge in [-0.05, 0) is 12.8 Å². The van der Waals surface area contributed by atoms with Crippen molar-refractivity contribution in [3.63, 3.8) is 0 Å². The van der Waals surface area contributed by atoms with Gasteiger partial charge in [-0.15, -0.1) is 0 Å². The lowest BCUT2D eigenvalue weighted by atomic mass is 10.2. The largest absolute Gasteiger partial charge is 0.379 e. The van der Waals surface area contributed by atoms with Gasteiger partial charge < -0.3 is 14.8 Å². The minimum Gasteiger partial charge on any atom is -0.379 e. The molecule has 0 bridgehead atoms. The molecular weight excluding hydrogens is 194 g/mol. The summed E-state index contributed by atoms with van der Waals surface area (Å²) >= 11 is 0. The number of rotatable bonds is 8. The van der Waals surface area contributed by atoms with E-state index in [9.17, 15) is 4.79 Å². The van der Waals surface area contributed by atoms with Gasteiger partial charge in [0.15, 0.2) is 0 Å². The topological polar surface area (TPSA) is 47.6 Å². The zero-order chi connectivity index (χ0) is 11.7. The van der Waals surface area contributed by atoms with Crippen LogP contribution in [-0.4, -0.2) is 32.5 Å². The van der Waals surface area contributed by atoms with Gasteiger partial charge in [0.05, 0.1) is 13.2 Å². The molecule has 0 aliphatic heterocycles. The first-order valence-electron chi connectivity index (χ1n) is 5.13. The van der Waals surface area contributed by atoms with Crippen LogP contribution in [0.1, 0.15) is 20.8 Å². The summed E-state index contributed by atoms with van der Waals surface area (Å²) in [6.45, 7) is 11.3. The van der Waals surface area contributed by atoms with Crippen LogP contribution < -0.4 is 5.32 Å². The summed E-state index contributed by atoms with van der Waals surface area (Å²) in [7, 11) is 0. The van der Waals surface area contributed by atoms with Crippen molar-refractivity contribution in [1.82, 2.24) is 5.32 Å². The van der Waals surface area contributed by atoms with E-state index in [4.69, 9.17) is 9.47 Å². The fourth-order valence-electron chi connectivity index (χ4n) is 0.777. The molecule has 0 aromatic rings. The molecule has 0 aromatic heterocycles. The molecular formula is C11H21NO3. The van der Waals surface area contributed by atoms with E-state index in [0.717, 1.165) is 6.61 Å². The predicted molar refractivity (Wildman–Crippen MR) is 59.4 cm³/mol. The van der Waals surface area contributed by atoms with Gasteiger partial charge in [-0.1, -0.05) is 20.4 Å². The van der Waals surface area contributed by atoms with Crippen molar-refractivity contribution >= 4 is 5.91 Å². The number of hydrogen-bond acceptors (Lipinski definition) is 3. The third kappa shape index (κ3) is 9.43. The average molecular weight is 215 g/mol. The van der Waals surface area contributed by atoms with Crippen molar-refractivity contribution in [3.8, 4) is 0 Å². The van der Waals surface area contributed by atoms with Crippen LogP contribution in [-0.2, 0) is 14.3 Å². The number of carbonyl (C=O) groups excluding carboxylic acids is 1. The minimum absolute atomic E-state index is 0.182. The van der Waals surface area contributed by atoms with Gasteiger partial charge in [0, 0.05) is 12.2 Å². The molecule has 0 unspecified atom stereocenters. The van der Waals surface area contributed by atoms with Gasteiger partial charge in [-0.25, -0.2) is 0 Å². The van der Waals surface area contributed by atoms with Crippen LogP contribution in [0, 0.1) is 5.92 Å². The van der Waals surface area contributed by atoms with Gasteiger partial charge in [0.2, 0.25) is 5.91 Å². The van der Waals surface area contributed by atoms with E-state index in [-0.39, 0.29) is 12.6 Å². The Hall–Kier alpha value is -0.870. The highest BCUT2D eigenvalue weighted by molar-refractivity contribution is 5.91. The van der Waals surface area contributed by atoms with Crippen molar-refractivity contribution in [1.29, 1.82) is 0 Å². The normalized spacial score (nSPS) is 10.4. The standard InChI is InChI=1S/C11H21NO3/c1-9(2)7-14-5-6-15-8-12-11(13)10(3)4/h9H,3,5-8H2,1-2,4H3,(H,12,13). The number of nitrogens with one attached hydrogen (secondary N) is 1. The molecule has 4 nitrogen and oxygen atoms in total. The second-order valence-electron chi connectivity index (χ2n) is 3.81. The molecule has 4 heteroatoms. The van der Waals surface area contributed by atoms with Gasteiger partial charge in [-0.3, -0.25) is 4.79 Å². The highest BCUT2D eigenvalue weighted by Crippen LogP contribution is 1.91.